The molecule has 1 atom stereocenters. The minimum Gasteiger partial charge on any atom is -0.495 e. The van der Waals surface area contributed by atoms with Crippen LogP contribution in [0.25, 0.3) is 0 Å². The third-order valence-corrected chi connectivity index (χ3v) is 3.07. The molecule has 82 valence electrons. The average molecular weight is 230 g/mol. The highest BCUT2D eigenvalue weighted by Crippen LogP contribution is 2.36. The Labute approximate surface area is 93.4 Å². The summed E-state index contributed by atoms with van der Waals surface area (Å²) in [5, 5.41) is 3.47. The highest BCUT2D eigenvalue weighted by molar-refractivity contribution is 6.32. The predicted molar refractivity (Wildman–Crippen MR) is 58.3 cm³/mol. The molecule has 0 saturated carbocycles. The highest BCUT2D eigenvalue weighted by atomic mass is 35.5. The maximum Gasteiger partial charge on any atom is 0.149 e. The fourth-order valence-electron chi connectivity index (χ4n) is 1.85. The van der Waals surface area contributed by atoms with Crippen LogP contribution in [0, 0.1) is 0 Å². The molecule has 2 nitrogen and oxygen atoms in total. The number of benzene rings is 1. The van der Waals surface area contributed by atoms with Gasteiger partial charge < -0.3 is 10.1 Å². The Hall–Kier alpha value is -0.800. The van der Waals surface area contributed by atoms with Crippen LogP contribution in [0.2, 0.25) is 5.02 Å². The molecule has 0 amide bonds. The number of hydrogen-bond donors (Lipinski definition) is 1. The van der Waals surface area contributed by atoms with Crippen molar-refractivity contribution in [3.63, 3.8) is 0 Å². The summed E-state index contributed by atoms with van der Waals surface area (Å²) in [5.74, 6) is 0.579. The number of hydrogen-bond acceptors (Lipinski definition) is 2. The first-order chi connectivity index (χ1) is 7.15. The van der Waals surface area contributed by atoms with Gasteiger partial charge >= 0.3 is 0 Å². The summed E-state index contributed by atoms with van der Waals surface area (Å²) in [5.41, 5.74) is -0.658. The van der Waals surface area contributed by atoms with E-state index in [-0.39, 0.29) is 0 Å². The molecule has 1 unspecified atom stereocenters. The maximum atomic E-state index is 14.3. The molecule has 1 fully saturated rings. The zero-order chi connectivity index (χ0) is 10.9. The van der Waals surface area contributed by atoms with Crippen molar-refractivity contribution < 1.29 is 9.13 Å². The molecule has 1 aliphatic rings. The van der Waals surface area contributed by atoms with Gasteiger partial charge in [-0.05, 0) is 30.7 Å². The lowest BCUT2D eigenvalue weighted by atomic mass is 9.95. The number of alkyl halides is 1. The second-order valence-corrected chi connectivity index (χ2v) is 4.15. The van der Waals surface area contributed by atoms with Gasteiger partial charge in [0.2, 0.25) is 0 Å². The SMILES string of the molecule is COc1ccc(C2(F)CCNC2)cc1Cl. The lowest BCUT2D eigenvalue weighted by Gasteiger charge is -2.19. The molecular formula is C11H13ClFNO. The standard InChI is InChI=1S/C11H13ClFNO/c1-15-10-3-2-8(6-9(10)12)11(13)4-5-14-7-11/h2-3,6,14H,4-5,7H2,1H3. The minimum absolute atomic E-state index is 0.357. The molecule has 2 rings (SSSR count). The molecule has 1 aromatic rings. The van der Waals surface area contributed by atoms with E-state index in [4.69, 9.17) is 16.3 Å². The number of halogens is 2. The summed E-state index contributed by atoms with van der Waals surface area (Å²) in [6.45, 7) is 1.07. The van der Waals surface area contributed by atoms with Gasteiger partial charge in [-0.1, -0.05) is 17.7 Å². The van der Waals surface area contributed by atoms with E-state index in [9.17, 15) is 4.39 Å². The molecule has 1 heterocycles. The van der Waals surface area contributed by atoms with E-state index < -0.39 is 5.67 Å². The molecular weight excluding hydrogens is 217 g/mol. The van der Waals surface area contributed by atoms with Crippen molar-refractivity contribution in [1.82, 2.24) is 5.32 Å². The van der Waals surface area contributed by atoms with Crippen molar-refractivity contribution in [1.29, 1.82) is 0 Å². The van der Waals surface area contributed by atoms with Gasteiger partial charge in [-0.3, -0.25) is 0 Å². The van der Waals surface area contributed by atoms with Crippen LogP contribution in [-0.4, -0.2) is 20.2 Å². The summed E-state index contributed by atoms with van der Waals surface area (Å²) in [6.07, 6.45) is 0.496. The van der Waals surface area contributed by atoms with E-state index in [0.29, 0.717) is 35.8 Å². The molecule has 0 aliphatic carbocycles. The van der Waals surface area contributed by atoms with Crippen molar-refractivity contribution in [3.8, 4) is 5.75 Å². The zero-order valence-corrected chi connectivity index (χ0v) is 9.27. The van der Waals surface area contributed by atoms with Crippen molar-refractivity contribution in [2.24, 2.45) is 0 Å². The molecule has 15 heavy (non-hydrogen) atoms. The first-order valence-electron chi connectivity index (χ1n) is 4.89. The van der Waals surface area contributed by atoms with Crippen molar-refractivity contribution in [2.75, 3.05) is 20.2 Å². The van der Waals surface area contributed by atoms with Gasteiger partial charge in [0, 0.05) is 6.54 Å². The van der Waals surface area contributed by atoms with Crippen molar-refractivity contribution in [2.45, 2.75) is 12.1 Å². The highest BCUT2D eigenvalue weighted by Gasteiger charge is 2.35. The van der Waals surface area contributed by atoms with Crippen molar-refractivity contribution >= 4 is 11.6 Å². The predicted octanol–water partition coefficient (Wildman–Crippen LogP) is 2.51. The van der Waals surface area contributed by atoms with Crippen LogP contribution in [0.5, 0.6) is 5.75 Å². The van der Waals surface area contributed by atoms with E-state index in [1.165, 1.54) is 0 Å². The zero-order valence-electron chi connectivity index (χ0n) is 8.52. The normalized spacial score (nSPS) is 25.5. The van der Waals surface area contributed by atoms with Gasteiger partial charge in [0.05, 0.1) is 12.1 Å². The molecule has 0 bridgehead atoms. The Morgan fingerprint density at radius 1 is 1.53 bits per heavy atom. The van der Waals surface area contributed by atoms with E-state index in [1.54, 1.807) is 25.3 Å². The lowest BCUT2D eigenvalue weighted by molar-refractivity contribution is 0.193. The second kappa shape index (κ2) is 3.99. The summed E-state index contributed by atoms with van der Waals surface area (Å²) >= 11 is 5.96. The van der Waals surface area contributed by atoms with Gasteiger partial charge in [-0.25, -0.2) is 4.39 Å². The van der Waals surface area contributed by atoms with Gasteiger partial charge in [-0.2, -0.15) is 0 Å². The fourth-order valence-corrected chi connectivity index (χ4v) is 2.11. The topological polar surface area (TPSA) is 21.3 Å². The molecule has 0 spiro atoms. The average Bonchev–Trinajstić information content (AvgIpc) is 2.66. The maximum absolute atomic E-state index is 14.3. The molecule has 0 radical (unpaired) electrons. The number of nitrogens with one attached hydrogen (secondary N) is 1. The first kappa shape index (κ1) is 10.7. The van der Waals surface area contributed by atoms with Crippen LogP contribution in [0.15, 0.2) is 18.2 Å². The first-order valence-corrected chi connectivity index (χ1v) is 5.27. The van der Waals surface area contributed by atoms with E-state index >= 15 is 0 Å². The molecule has 4 heteroatoms. The Kier molecular flexibility index (Phi) is 2.85. The van der Waals surface area contributed by atoms with Crippen LogP contribution in [0.3, 0.4) is 0 Å². The summed E-state index contributed by atoms with van der Waals surface area (Å²) in [4.78, 5) is 0. The van der Waals surface area contributed by atoms with Crippen LogP contribution in [-0.2, 0) is 5.67 Å². The minimum atomic E-state index is -1.28. The van der Waals surface area contributed by atoms with Crippen LogP contribution < -0.4 is 10.1 Å². The molecule has 1 aromatic carbocycles. The summed E-state index contributed by atoms with van der Waals surface area (Å²) < 4.78 is 19.3. The number of methoxy groups -OCH3 is 1. The summed E-state index contributed by atoms with van der Waals surface area (Å²) in [6, 6.07) is 5.09. The third-order valence-electron chi connectivity index (χ3n) is 2.77. The number of rotatable bonds is 2. The Morgan fingerprint density at radius 2 is 2.33 bits per heavy atom. The van der Waals surface area contributed by atoms with Crippen molar-refractivity contribution in [3.05, 3.63) is 28.8 Å². The molecule has 1 saturated heterocycles. The quantitative estimate of drug-likeness (QED) is 0.842. The molecule has 1 N–H and O–H groups in total. The number of ether oxygens (including phenoxy) is 1. The second-order valence-electron chi connectivity index (χ2n) is 3.74. The Bertz CT molecular complexity index is 364. The van der Waals surface area contributed by atoms with E-state index in [1.807, 2.05) is 0 Å². The lowest BCUT2D eigenvalue weighted by Crippen LogP contribution is -2.23. The van der Waals surface area contributed by atoms with E-state index in [2.05, 4.69) is 5.32 Å². The van der Waals surface area contributed by atoms with Gasteiger partial charge in [0.25, 0.3) is 0 Å². The fraction of sp³-hybridized carbons (Fsp3) is 0.455. The van der Waals surface area contributed by atoms with E-state index in [0.717, 1.165) is 0 Å². The molecule has 1 aliphatic heterocycles. The van der Waals surface area contributed by atoms with Gasteiger partial charge in [-0.15, -0.1) is 0 Å². The monoisotopic (exact) mass is 229 g/mol. The van der Waals surface area contributed by atoms with Gasteiger partial charge in [0.1, 0.15) is 11.4 Å². The van der Waals surface area contributed by atoms with Crippen LogP contribution in [0.1, 0.15) is 12.0 Å². The smallest absolute Gasteiger partial charge is 0.149 e. The summed E-state index contributed by atoms with van der Waals surface area (Å²) in [7, 11) is 1.54. The Morgan fingerprint density at radius 3 is 2.87 bits per heavy atom. The van der Waals surface area contributed by atoms with Gasteiger partial charge in [0.15, 0.2) is 0 Å². The molecule has 0 aromatic heterocycles. The third kappa shape index (κ3) is 1.94. The Balaban J connectivity index is 2.33. The van der Waals surface area contributed by atoms with Crippen LogP contribution in [0.4, 0.5) is 4.39 Å². The van der Waals surface area contributed by atoms with Crippen LogP contribution >= 0.6 is 11.6 Å². The largest absolute Gasteiger partial charge is 0.495 e.